The van der Waals surface area contributed by atoms with E-state index in [-0.39, 0.29) is 5.91 Å². The molecule has 2 aliphatic rings. The second-order valence-corrected chi connectivity index (χ2v) is 6.33. The van der Waals surface area contributed by atoms with E-state index >= 15 is 0 Å². The van der Waals surface area contributed by atoms with E-state index in [9.17, 15) is 4.79 Å². The van der Waals surface area contributed by atoms with Crippen LogP contribution in [0.25, 0.3) is 17.2 Å². The van der Waals surface area contributed by atoms with Gasteiger partial charge in [0.05, 0.1) is 12.5 Å². The number of nitrogens with one attached hydrogen (secondary N) is 3. The number of aromatic amines is 1. The minimum absolute atomic E-state index is 0.0504. The number of hydrogen-bond acceptors (Lipinski definition) is 3. The minimum Gasteiger partial charge on any atom is -0.472 e. The summed E-state index contributed by atoms with van der Waals surface area (Å²) in [7, 11) is 0. The highest BCUT2D eigenvalue weighted by Crippen LogP contribution is 2.33. The van der Waals surface area contributed by atoms with Crippen molar-refractivity contribution in [1.82, 2.24) is 10.3 Å². The Labute approximate surface area is 135 Å². The Kier molecular flexibility index (Phi) is 3.69. The van der Waals surface area contributed by atoms with Crippen LogP contribution >= 0.6 is 0 Å². The number of carbonyl (C=O) groups excluding carboxylic acids is 1. The van der Waals surface area contributed by atoms with E-state index in [1.165, 1.54) is 19.3 Å². The summed E-state index contributed by atoms with van der Waals surface area (Å²) in [6, 6.07) is 2.26. The van der Waals surface area contributed by atoms with E-state index < -0.39 is 0 Å². The molecule has 0 aromatic carbocycles. The van der Waals surface area contributed by atoms with Crippen molar-refractivity contribution in [2.45, 2.75) is 38.1 Å². The zero-order valence-corrected chi connectivity index (χ0v) is 13.0. The summed E-state index contributed by atoms with van der Waals surface area (Å²) in [6.07, 6.45) is 13.2. The van der Waals surface area contributed by atoms with Gasteiger partial charge in [-0.05, 0) is 25.0 Å². The van der Waals surface area contributed by atoms with Crippen molar-refractivity contribution in [1.29, 1.82) is 0 Å². The lowest BCUT2D eigenvalue weighted by atomic mass is 9.95. The van der Waals surface area contributed by atoms with Crippen molar-refractivity contribution in [3.8, 4) is 11.1 Å². The van der Waals surface area contributed by atoms with Crippen LogP contribution in [-0.2, 0) is 4.79 Å². The fraction of sp³-hybridized carbons (Fsp3) is 0.389. The predicted octanol–water partition coefficient (Wildman–Crippen LogP) is 3.53. The molecule has 23 heavy (non-hydrogen) atoms. The molecule has 0 bridgehead atoms. The number of H-pyrrole nitrogens is 1. The van der Waals surface area contributed by atoms with Crippen molar-refractivity contribution >= 4 is 17.8 Å². The summed E-state index contributed by atoms with van der Waals surface area (Å²) in [5.41, 5.74) is 3.86. The maximum atomic E-state index is 12.5. The molecule has 0 unspecified atom stereocenters. The largest absolute Gasteiger partial charge is 0.472 e. The van der Waals surface area contributed by atoms with E-state index in [0.717, 1.165) is 40.9 Å². The van der Waals surface area contributed by atoms with Crippen LogP contribution in [0.4, 0.5) is 5.82 Å². The van der Waals surface area contributed by atoms with Gasteiger partial charge in [0.15, 0.2) is 0 Å². The van der Waals surface area contributed by atoms with Gasteiger partial charge in [-0.15, -0.1) is 0 Å². The van der Waals surface area contributed by atoms with Gasteiger partial charge in [-0.1, -0.05) is 19.3 Å². The van der Waals surface area contributed by atoms with Crippen LogP contribution in [0.15, 0.2) is 34.8 Å². The van der Waals surface area contributed by atoms with E-state index in [0.29, 0.717) is 12.6 Å². The zero-order valence-electron chi connectivity index (χ0n) is 13.0. The Morgan fingerprint density at radius 2 is 2.13 bits per heavy atom. The van der Waals surface area contributed by atoms with Crippen molar-refractivity contribution in [2.24, 2.45) is 0 Å². The Bertz CT molecular complexity index is 722. The topological polar surface area (TPSA) is 70.1 Å². The number of furan rings is 1. The van der Waals surface area contributed by atoms with Gasteiger partial charge < -0.3 is 20.0 Å². The summed E-state index contributed by atoms with van der Waals surface area (Å²) in [6.45, 7) is 0.552. The summed E-state index contributed by atoms with van der Waals surface area (Å²) in [5, 5.41) is 6.49. The lowest BCUT2D eigenvalue weighted by Crippen LogP contribution is -2.38. The molecule has 2 aromatic rings. The zero-order chi connectivity index (χ0) is 15.6. The molecule has 0 spiro atoms. The van der Waals surface area contributed by atoms with Gasteiger partial charge in [0, 0.05) is 41.0 Å². The van der Waals surface area contributed by atoms with Gasteiger partial charge in [-0.25, -0.2) is 0 Å². The fourth-order valence-electron chi connectivity index (χ4n) is 3.47. The fourth-order valence-corrected chi connectivity index (χ4v) is 3.47. The van der Waals surface area contributed by atoms with Gasteiger partial charge in [-0.3, -0.25) is 4.79 Å². The van der Waals surface area contributed by atoms with Crippen LogP contribution in [0, 0.1) is 0 Å². The molecule has 4 rings (SSSR count). The predicted molar refractivity (Wildman–Crippen MR) is 90.0 cm³/mol. The van der Waals surface area contributed by atoms with Gasteiger partial charge in [0.2, 0.25) is 5.91 Å². The molecule has 5 heteroatoms. The summed E-state index contributed by atoms with van der Waals surface area (Å²) in [4.78, 5) is 15.8. The Balaban J connectivity index is 1.56. The molecule has 1 aliphatic heterocycles. The highest BCUT2D eigenvalue weighted by atomic mass is 16.3. The molecule has 1 saturated carbocycles. The Morgan fingerprint density at radius 3 is 2.91 bits per heavy atom. The smallest absolute Gasteiger partial charge is 0.249 e. The third kappa shape index (κ3) is 2.79. The van der Waals surface area contributed by atoms with E-state index in [1.54, 1.807) is 12.5 Å². The third-order valence-corrected chi connectivity index (χ3v) is 4.76. The molecule has 0 atom stereocenters. The van der Waals surface area contributed by atoms with Crippen LogP contribution in [0.2, 0.25) is 0 Å². The van der Waals surface area contributed by atoms with E-state index in [4.69, 9.17) is 4.42 Å². The Hall–Kier alpha value is -2.43. The first-order valence-corrected chi connectivity index (χ1v) is 8.30. The lowest BCUT2D eigenvalue weighted by molar-refractivity contribution is -0.118. The maximum absolute atomic E-state index is 12.5. The standard InChI is InChI=1S/C18H21N3O2/c22-18(21-14-4-2-1-3-5-14)13-8-15-16(12-6-7-23-11-12)10-20-17(15)19-9-13/h6-8,10-11,14,19-20H,1-5,9H2,(H,21,22). The minimum atomic E-state index is 0.0504. The summed E-state index contributed by atoms with van der Waals surface area (Å²) < 4.78 is 5.17. The first-order valence-electron chi connectivity index (χ1n) is 8.30. The average Bonchev–Trinajstić information content (AvgIpc) is 3.24. The molecule has 120 valence electrons. The molecule has 3 heterocycles. The number of anilines is 1. The van der Waals surface area contributed by atoms with Crippen LogP contribution in [0.3, 0.4) is 0 Å². The van der Waals surface area contributed by atoms with E-state index in [2.05, 4.69) is 15.6 Å². The highest BCUT2D eigenvalue weighted by Gasteiger charge is 2.22. The molecule has 1 aliphatic carbocycles. The summed E-state index contributed by atoms with van der Waals surface area (Å²) >= 11 is 0. The molecule has 1 amide bonds. The monoisotopic (exact) mass is 311 g/mol. The molecule has 0 radical (unpaired) electrons. The number of carbonyl (C=O) groups is 1. The van der Waals surface area contributed by atoms with Gasteiger partial charge in [0.1, 0.15) is 5.82 Å². The molecular weight excluding hydrogens is 290 g/mol. The molecule has 3 N–H and O–H groups in total. The van der Waals surface area contributed by atoms with Crippen LogP contribution in [0.1, 0.15) is 37.7 Å². The first kappa shape index (κ1) is 14.2. The highest BCUT2D eigenvalue weighted by molar-refractivity contribution is 6.02. The van der Waals surface area contributed by atoms with Crippen LogP contribution < -0.4 is 10.6 Å². The van der Waals surface area contributed by atoms with Gasteiger partial charge in [0.25, 0.3) is 0 Å². The molecule has 5 nitrogen and oxygen atoms in total. The third-order valence-electron chi connectivity index (χ3n) is 4.76. The quantitative estimate of drug-likeness (QED) is 0.812. The van der Waals surface area contributed by atoms with Gasteiger partial charge in [-0.2, -0.15) is 0 Å². The van der Waals surface area contributed by atoms with Crippen molar-refractivity contribution in [3.05, 3.63) is 35.9 Å². The Morgan fingerprint density at radius 1 is 1.26 bits per heavy atom. The molecule has 1 fully saturated rings. The second-order valence-electron chi connectivity index (χ2n) is 6.33. The van der Waals surface area contributed by atoms with Crippen LogP contribution in [-0.4, -0.2) is 23.5 Å². The number of aromatic nitrogens is 1. The lowest BCUT2D eigenvalue weighted by Gasteiger charge is -2.24. The van der Waals surface area contributed by atoms with Crippen molar-refractivity contribution in [3.63, 3.8) is 0 Å². The number of rotatable bonds is 3. The maximum Gasteiger partial charge on any atom is 0.249 e. The first-order chi connectivity index (χ1) is 11.3. The molecule has 0 saturated heterocycles. The molecular formula is C18H21N3O2. The van der Waals surface area contributed by atoms with Crippen LogP contribution in [0.5, 0.6) is 0 Å². The number of amides is 1. The number of hydrogen-bond donors (Lipinski definition) is 3. The van der Waals surface area contributed by atoms with Crippen molar-refractivity contribution in [2.75, 3.05) is 11.9 Å². The number of fused-ring (bicyclic) bond motifs is 1. The van der Waals surface area contributed by atoms with E-state index in [1.807, 2.05) is 18.3 Å². The normalized spacial score (nSPS) is 18.0. The SMILES string of the molecule is O=C(NC1CCCCC1)C1=Cc2c(-c3ccoc3)c[nH]c2NC1. The summed E-state index contributed by atoms with van der Waals surface area (Å²) in [5.74, 6) is 1.00. The average molecular weight is 311 g/mol. The molecule has 2 aromatic heterocycles. The second kappa shape index (κ2) is 5.99. The van der Waals surface area contributed by atoms with Gasteiger partial charge >= 0.3 is 0 Å². The van der Waals surface area contributed by atoms with Crippen molar-refractivity contribution < 1.29 is 9.21 Å².